The number of fused-ring (bicyclic) bond motifs is 1. The molecule has 0 bridgehead atoms. The molecule has 0 amide bonds. The van der Waals surface area contributed by atoms with Gasteiger partial charge in [-0.05, 0) is 23.8 Å². The van der Waals surface area contributed by atoms with Crippen molar-refractivity contribution in [3.63, 3.8) is 0 Å². The molecule has 2 aromatic carbocycles. The second kappa shape index (κ2) is 5.71. The standard InChI is InChI=1S/C17H15NO3/c19-17(20)10-13-9-14-15(18-13)7-4-8-16(14)21-11-12-5-2-1-3-6-12/h1-9,18H,10-11H2,(H,19,20). The average Bonchev–Trinajstić information content (AvgIpc) is 2.88. The summed E-state index contributed by atoms with van der Waals surface area (Å²) >= 11 is 0. The van der Waals surface area contributed by atoms with E-state index in [1.54, 1.807) is 0 Å². The van der Waals surface area contributed by atoms with E-state index < -0.39 is 5.97 Å². The van der Waals surface area contributed by atoms with Crippen LogP contribution in [0.2, 0.25) is 0 Å². The van der Waals surface area contributed by atoms with E-state index in [2.05, 4.69) is 4.98 Å². The molecule has 0 saturated carbocycles. The Morgan fingerprint density at radius 1 is 1.10 bits per heavy atom. The van der Waals surface area contributed by atoms with Crippen LogP contribution in [0.3, 0.4) is 0 Å². The Balaban J connectivity index is 1.84. The molecule has 0 radical (unpaired) electrons. The van der Waals surface area contributed by atoms with E-state index in [1.807, 2.05) is 54.6 Å². The van der Waals surface area contributed by atoms with Crippen molar-refractivity contribution in [2.75, 3.05) is 0 Å². The number of carboxylic acid groups (broad SMARTS) is 1. The smallest absolute Gasteiger partial charge is 0.309 e. The predicted molar refractivity (Wildman–Crippen MR) is 80.4 cm³/mol. The van der Waals surface area contributed by atoms with Crippen LogP contribution in [0.15, 0.2) is 54.6 Å². The van der Waals surface area contributed by atoms with Gasteiger partial charge in [0.2, 0.25) is 0 Å². The minimum atomic E-state index is -0.853. The van der Waals surface area contributed by atoms with Gasteiger partial charge < -0.3 is 14.8 Å². The van der Waals surface area contributed by atoms with E-state index in [0.717, 1.165) is 22.2 Å². The lowest BCUT2D eigenvalue weighted by Crippen LogP contribution is -1.99. The maximum atomic E-state index is 10.8. The van der Waals surface area contributed by atoms with Crippen LogP contribution in [0.25, 0.3) is 10.9 Å². The van der Waals surface area contributed by atoms with Gasteiger partial charge in [0.1, 0.15) is 12.4 Å². The van der Waals surface area contributed by atoms with Crippen LogP contribution in [0.5, 0.6) is 5.75 Å². The average molecular weight is 281 g/mol. The van der Waals surface area contributed by atoms with Gasteiger partial charge >= 0.3 is 5.97 Å². The number of ether oxygens (including phenoxy) is 1. The Labute approximate surface area is 122 Å². The van der Waals surface area contributed by atoms with E-state index in [0.29, 0.717) is 12.3 Å². The van der Waals surface area contributed by atoms with Crippen LogP contribution in [0.1, 0.15) is 11.3 Å². The molecule has 0 aliphatic carbocycles. The normalized spacial score (nSPS) is 10.7. The lowest BCUT2D eigenvalue weighted by molar-refractivity contribution is -0.136. The number of nitrogens with one attached hydrogen (secondary N) is 1. The molecule has 4 heteroatoms. The first-order chi connectivity index (χ1) is 10.2. The van der Waals surface area contributed by atoms with Gasteiger partial charge in [-0.25, -0.2) is 0 Å². The van der Waals surface area contributed by atoms with Crippen molar-refractivity contribution >= 4 is 16.9 Å². The molecule has 0 saturated heterocycles. The molecule has 106 valence electrons. The minimum Gasteiger partial charge on any atom is -0.488 e. The Morgan fingerprint density at radius 3 is 2.67 bits per heavy atom. The molecule has 3 aromatic rings. The van der Waals surface area contributed by atoms with Crippen molar-refractivity contribution in [2.24, 2.45) is 0 Å². The first-order valence-corrected chi connectivity index (χ1v) is 6.71. The summed E-state index contributed by atoms with van der Waals surface area (Å²) in [6, 6.07) is 17.5. The molecule has 0 unspecified atom stereocenters. The Bertz CT molecular complexity index is 762. The fourth-order valence-electron chi connectivity index (χ4n) is 2.30. The van der Waals surface area contributed by atoms with Crippen LogP contribution in [0.4, 0.5) is 0 Å². The molecule has 0 spiro atoms. The minimum absolute atomic E-state index is 0.0210. The second-order valence-electron chi connectivity index (χ2n) is 4.86. The fraction of sp³-hybridized carbons (Fsp3) is 0.118. The van der Waals surface area contributed by atoms with E-state index >= 15 is 0 Å². The summed E-state index contributed by atoms with van der Waals surface area (Å²) in [7, 11) is 0. The number of aromatic amines is 1. The van der Waals surface area contributed by atoms with Crippen molar-refractivity contribution in [2.45, 2.75) is 13.0 Å². The SMILES string of the molecule is O=C(O)Cc1cc2c(OCc3ccccc3)cccc2[nH]1. The number of rotatable bonds is 5. The van der Waals surface area contributed by atoms with Gasteiger partial charge in [-0.2, -0.15) is 0 Å². The number of aromatic nitrogens is 1. The number of hydrogen-bond acceptors (Lipinski definition) is 2. The van der Waals surface area contributed by atoms with Crippen molar-refractivity contribution in [3.8, 4) is 5.75 Å². The number of benzene rings is 2. The summed E-state index contributed by atoms with van der Waals surface area (Å²) in [4.78, 5) is 13.9. The molecule has 0 aliphatic heterocycles. The summed E-state index contributed by atoms with van der Waals surface area (Å²) in [6.07, 6.45) is -0.0210. The predicted octanol–water partition coefficient (Wildman–Crippen LogP) is 3.37. The zero-order valence-corrected chi connectivity index (χ0v) is 11.4. The number of hydrogen-bond donors (Lipinski definition) is 2. The Kier molecular flexibility index (Phi) is 3.60. The van der Waals surface area contributed by atoms with Gasteiger partial charge in [-0.1, -0.05) is 36.4 Å². The van der Waals surface area contributed by atoms with Gasteiger partial charge in [0, 0.05) is 16.6 Å². The highest BCUT2D eigenvalue weighted by Gasteiger charge is 2.09. The topological polar surface area (TPSA) is 62.3 Å². The Morgan fingerprint density at radius 2 is 1.90 bits per heavy atom. The summed E-state index contributed by atoms with van der Waals surface area (Å²) in [6.45, 7) is 0.486. The molecule has 1 aromatic heterocycles. The van der Waals surface area contributed by atoms with Crippen molar-refractivity contribution in [1.29, 1.82) is 0 Å². The third-order valence-corrected chi connectivity index (χ3v) is 3.26. The van der Waals surface area contributed by atoms with Crippen LogP contribution >= 0.6 is 0 Å². The largest absolute Gasteiger partial charge is 0.488 e. The number of aliphatic carboxylic acids is 1. The maximum Gasteiger partial charge on any atom is 0.309 e. The van der Waals surface area contributed by atoms with E-state index in [9.17, 15) is 4.79 Å². The number of H-pyrrole nitrogens is 1. The monoisotopic (exact) mass is 281 g/mol. The molecular weight excluding hydrogens is 266 g/mol. The molecule has 0 aliphatic rings. The van der Waals surface area contributed by atoms with Gasteiger partial charge in [0.25, 0.3) is 0 Å². The van der Waals surface area contributed by atoms with Crippen LogP contribution < -0.4 is 4.74 Å². The third-order valence-electron chi connectivity index (χ3n) is 3.26. The molecule has 0 fully saturated rings. The molecular formula is C17H15NO3. The van der Waals surface area contributed by atoms with Crippen LogP contribution in [0, 0.1) is 0 Å². The molecule has 3 rings (SSSR count). The molecule has 0 atom stereocenters. The zero-order chi connectivity index (χ0) is 14.7. The highest BCUT2D eigenvalue weighted by Crippen LogP contribution is 2.27. The lowest BCUT2D eigenvalue weighted by Gasteiger charge is -2.07. The summed E-state index contributed by atoms with van der Waals surface area (Å²) in [5.41, 5.74) is 2.65. The van der Waals surface area contributed by atoms with E-state index in [-0.39, 0.29) is 6.42 Å². The van der Waals surface area contributed by atoms with Crippen LogP contribution in [-0.2, 0) is 17.8 Å². The molecule has 2 N–H and O–H groups in total. The third kappa shape index (κ3) is 3.05. The summed E-state index contributed by atoms with van der Waals surface area (Å²) < 4.78 is 5.86. The first-order valence-electron chi connectivity index (χ1n) is 6.71. The van der Waals surface area contributed by atoms with Gasteiger partial charge in [-0.15, -0.1) is 0 Å². The molecule has 21 heavy (non-hydrogen) atoms. The molecule has 4 nitrogen and oxygen atoms in total. The highest BCUT2D eigenvalue weighted by atomic mass is 16.5. The van der Waals surface area contributed by atoms with E-state index in [1.165, 1.54) is 0 Å². The Hall–Kier alpha value is -2.75. The summed E-state index contributed by atoms with van der Waals surface area (Å²) in [5.74, 6) is -0.0995. The van der Waals surface area contributed by atoms with Gasteiger partial charge in [0.15, 0.2) is 0 Å². The van der Waals surface area contributed by atoms with Crippen LogP contribution in [-0.4, -0.2) is 16.1 Å². The van der Waals surface area contributed by atoms with Gasteiger partial charge in [0.05, 0.1) is 6.42 Å². The summed E-state index contributed by atoms with van der Waals surface area (Å²) in [5, 5.41) is 9.77. The first kappa shape index (κ1) is 13.2. The van der Waals surface area contributed by atoms with Crippen molar-refractivity contribution < 1.29 is 14.6 Å². The maximum absolute atomic E-state index is 10.8. The van der Waals surface area contributed by atoms with Crippen molar-refractivity contribution in [1.82, 2.24) is 4.98 Å². The fourth-order valence-corrected chi connectivity index (χ4v) is 2.30. The van der Waals surface area contributed by atoms with Crippen molar-refractivity contribution in [3.05, 3.63) is 65.9 Å². The second-order valence-corrected chi connectivity index (χ2v) is 4.86. The lowest BCUT2D eigenvalue weighted by atomic mass is 10.2. The number of carbonyl (C=O) groups is 1. The highest BCUT2D eigenvalue weighted by molar-refractivity contribution is 5.87. The molecule has 1 heterocycles. The number of carboxylic acids is 1. The zero-order valence-electron chi connectivity index (χ0n) is 11.4. The quantitative estimate of drug-likeness (QED) is 0.753. The van der Waals surface area contributed by atoms with Gasteiger partial charge in [-0.3, -0.25) is 4.79 Å². The van der Waals surface area contributed by atoms with E-state index in [4.69, 9.17) is 9.84 Å².